The fraction of sp³-hybridized carbons (Fsp3) is 0.676. The van der Waals surface area contributed by atoms with Crippen LogP contribution >= 0.6 is 0 Å². The standard InChI is InChI=1S/C34H53N3O8/c1-8-22(6)29(35)27(38)18-28(39)45-31(21(4)5)30(40)23(7)32(41)36-25(17-20(2)3)33(42)37-16-12-15-26(37)34(43)44-19-24-13-10-9-11-14-24/h9-11,13-14,20-23,25-27,29,31,38H,8,12,15-19,35H2,1-7H3,(H,36,41)/t22-,23?,25-,26-,27-,29+,31-/m0/s1. The second-order valence-corrected chi connectivity index (χ2v) is 13.0. The lowest BCUT2D eigenvalue weighted by molar-refractivity contribution is -0.162. The van der Waals surface area contributed by atoms with E-state index in [0.717, 1.165) is 12.0 Å². The Morgan fingerprint density at radius 3 is 2.27 bits per heavy atom. The van der Waals surface area contributed by atoms with Crippen LogP contribution in [0.5, 0.6) is 0 Å². The maximum atomic E-state index is 13.7. The minimum Gasteiger partial charge on any atom is -0.459 e. The number of aliphatic hydroxyl groups is 1. The second kappa shape index (κ2) is 18.0. The Hall–Kier alpha value is -3.31. The number of esters is 2. The quantitative estimate of drug-likeness (QED) is 0.173. The van der Waals surface area contributed by atoms with Crippen LogP contribution in [0.15, 0.2) is 30.3 Å². The van der Waals surface area contributed by atoms with E-state index in [1.165, 1.54) is 11.8 Å². The van der Waals surface area contributed by atoms with E-state index < -0.39 is 71.7 Å². The highest BCUT2D eigenvalue weighted by atomic mass is 16.5. The lowest BCUT2D eigenvalue weighted by Crippen LogP contribution is -2.54. The van der Waals surface area contributed by atoms with Crippen LogP contribution in [0.3, 0.4) is 0 Å². The number of hydrogen-bond acceptors (Lipinski definition) is 9. The molecule has 0 aliphatic carbocycles. The van der Waals surface area contributed by atoms with E-state index in [1.807, 2.05) is 58.0 Å². The van der Waals surface area contributed by atoms with Gasteiger partial charge in [0.15, 0.2) is 11.9 Å². The van der Waals surface area contributed by atoms with E-state index in [0.29, 0.717) is 25.8 Å². The zero-order valence-corrected chi connectivity index (χ0v) is 27.9. The SMILES string of the molecule is CC[C@H](C)[C@@H](N)[C@@H](O)CC(=O)O[C@H](C(=O)C(C)C(=O)N[C@@H](CC(C)C)C(=O)N1CCC[C@H]1C(=O)OCc1ccccc1)C(C)C. The molecule has 0 aromatic heterocycles. The smallest absolute Gasteiger partial charge is 0.329 e. The van der Waals surface area contributed by atoms with Crippen molar-refractivity contribution in [2.24, 2.45) is 29.4 Å². The molecule has 0 spiro atoms. The number of Topliss-reactive ketones (excluding diaryl/α,β-unsaturated/α-hetero) is 1. The zero-order chi connectivity index (χ0) is 33.8. The predicted octanol–water partition coefficient (Wildman–Crippen LogP) is 3.15. The van der Waals surface area contributed by atoms with Gasteiger partial charge < -0.3 is 30.5 Å². The Morgan fingerprint density at radius 2 is 1.69 bits per heavy atom. The molecule has 1 aliphatic rings. The number of rotatable bonds is 17. The van der Waals surface area contributed by atoms with Gasteiger partial charge in [-0.05, 0) is 49.5 Å². The summed E-state index contributed by atoms with van der Waals surface area (Å²) in [6, 6.07) is 6.90. The van der Waals surface area contributed by atoms with Crippen molar-refractivity contribution in [3.05, 3.63) is 35.9 Å². The van der Waals surface area contributed by atoms with Crippen LogP contribution in [0.2, 0.25) is 0 Å². The molecule has 1 unspecified atom stereocenters. The number of nitrogens with zero attached hydrogens (tertiary/aromatic N) is 1. The maximum absolute atomic E-state index is 13.7. The van der Waals surface area contributed by atoms with Gasteiger partial charge in [-0.15, -0.1) is 0 Å². The summed E-state index contributed by atoms with van der Waals surface area (Å²) in [4.78, 5) is 67.6. The van der Waals surface area contributed by atoms with Crippen molar-refractivity contribution in [3.63, 3.8) is 0 Å². The highest BCUT2D eigenvalue weighted by Crippen LogP contribution is 2.23. The van der Waals surface area contributed by atoms with Gasteiger partial charge in [0.2, 0.25) is 11.8 Å². The molecular weight excluding hydrogens is 578 g/mol. The number of hydrogen-bond donors (Lipinski definition) is 3. The van der Waals surface area contributed by atoms with Crippen LogP contribution in [0.1, 0.15) is 86.1 Å². The van der Waals surface area contributed by atoms with Gasteiger partial charge in [-0.1, -0.05) is 78.3 Å². The summed E-state index contributed by atoms with van der Waals surface area (Å²) in [5.41, 5.74) is 6.87. The molecule has 252 valence electrons. The minimum atomic E-state index is -1.23. The van der Waals surface area contributed by atoms with Gasteiger partial charge in [-0.3, -0.25) is 19.2 Å². The lowest BCUT2D eigenvalue weighted by atomic mass is 9.92. The van der Waals surface area contributed by atoms with E-state index in [9.17, 15) is 29.1 Å². The van der Waals surface area contributed by atoms with Crippen LogP contribution in [0.25, 0.3) is 0 Å². The number of nitrogens with two attached hydrogens (primary N) is 1. The van der Waals surface area contributed by atoms with Crippen LogP contribution in [0, 0.1) is 23.7 Å². The summed E-state index contributed by atoms with van der Waals surface area (Å²) >= 11 is 0. The summed E-state index contributed by atoms with van der Waals surface area (Å²) in [6.07, 6.45) is -0.648. The van der Waals surface area contributed by atoms with E-state index in [1.54, 1.807) is 13.8 Å². The summed E-state index contributed by atoms with van der Waals surface area (Å²) in [6.45, 7) is 12.9. The van der Waals surface area contributed by atoms with Gasteiger partial charge in [-0.25, -0.2) is 4.79 Å². The molecule has 1 heterocycles. The number of nitrogens with one attached hydrogen (secondary N) is 1. The molecule has 11 heteroatoms. The van der Waals surface area contributed by atoms with Crippen molar-refractivity contribution in [1.29, 1.82) is 0 Å². The number of aliphatic hydroxyl groups excluding tert-OH is 1. The largest absolute Gasteiger partial charge is 0.459 e. The number of carbonyl (C=O) groups is 5. The average molecular weight is 632 g/mol. The first-order valence-electron chi connectivity index (χ1n) is 16.2. The predicted molar refractivity (Wildman–Crippen MR) is 169 cm³/mol. The van der Waals surface area contributed by atoms with E-state index >= 15 is 0 Å². The summed E-state index contributed by atoms with van der Waals surface area (Å²) in [7, 11) is 0. The van der Waals surface area contributed by atoms with Crippen LogP contribution in [-0.4, -0.2) is 76.4 Å². The molecule has 11 nitrogen and oxygen atoms in total. The number of likely N-dealkylation sites (tertiary alicyclic amines) is 1. The van der Waals surface area contributed by atoms with Crippen molar-refractivity contribution in [2.45, 2.75) is 118 Å². The van der Waals surface area contributed by atoms with Crippen molar-refractivity contribution in [1.82, 2.24) is 10.2 Å². The maximum Gasteiger partial charge on any atom is 0.329 e. The van der Waals surface area contributed by atoms with E-state index in [2.05, 4.69) is 5.32 Å². The Labute approximate surface area is 267 Å². The van der Waals surface area contributed by atoms with E-state index in [-0.39, 0.29) is 24.9 Å². The van der Waals surface area contributed by atoms with Crippen LogP contribution in [0.4, 0.5) is 0 Å². The third-order valence-corrected chi connectivity index (χ3v) is 8.44. The highest BCUT2D eigenvalue weighted by Gasteiger charge is 2.40. The monoisotopic (exact) mass is 631 g/mol. The fourth-order valence-corrected chi connectivity index (χ4v) is 5.34. The van der Waals surface area contributed by atoms with Gasteiger partial charge in [0.25, 0.3) is 0 Å². The molecule has 7 atom stereocenters. The number of ether oxygens (including phenoxy) is 2. The molecule has 1 aromatic carbocycles. The molecular formula is C34H53N3O8. The molecule has 1 fully saturated rings. The number of ketones is 1. The summed E-state index contributed by atoms with van der Waals surface area (Å²) in [5.74, 6) is -4.66. The molecule has 1 aliphatic heterocycles. The molecule has 1 saturated heterocycles. The number of amides is 2. The second-order valence-electron chi connectivity index (χ2n) is 13.0. The summed E-state index contributed by atoms with van der Waals surface area (Å²) in [5, 5.41) is 13.1. The third kappa shape index (κ3) is 11.2. The molecule has 45 heavy (non-hydrogen) atoms. The first-order chi connectivity index (χ1) is 21.2. The first kappa shape index (κ1) is 37.9. The molecule has 4 N–H and O–H groups in total. The Bertz CT molecular complexity index is 1140. The molecule has 0 saturated carbocycles. The van der Waals surface area contributed by atoms with Crippen LogP contribution in [-0.2, 0) is 40.1 Å². The lowest BCUT2D eigenvalue weighted by Gasteiger charge is -2.30. The zero-order valence-electron chi connectivity index (χ0n) is 27.9. The number of carbonyl (C=O) groups excluding carboxylic acids is 5. The fourth-order valence-electron chi connectivity index (χ4n) is 5.34. The Kier molecular flexibility index (Phi) is 15.1. The topological polar surface area (TPSA) is 165 Å². The highest BCUT2D eigenvalue weighted by molar-refractivity contribution is 6.05. The van der Waals surface area contributed by atoms with Crippen molar-refractivity contribution in [2.75, 3.05) is 6.54 Å². The van der Waals surface area contributed by atoms with Crippen molar-refractivity contribution in [3.8, 4) is 0 Å². The van der Waals surface area contributed by atoms with Crippen LogP contribution < -0.4 is 11.1 Å². The third-order valence-electron chi connectivity index (χ3n) is 8.44. The van der Waals surface area contributed by atoms with Gasteiger partial charge in [-0.2, -0.15) is 0 Å². The van der Waals surface area contributed by atoms with Crippen molar-refractivity contribution >= 4 is 29.5 Å². The van der Waals surface area contributed by atoms with E-state index in [4.69, 9.17) is 15.2 Å². The molecule has 0 bridgehead atoms. The molecule has 2 amide bonds. The first-order valence-corrected chi connectivity index (χ1v) is 16.2. The Balaban J connectivity index is 2.09. The van der Waals surface area contributed by atoms with Gasteiger partial charge in [0.1, 0.15) is 18.7 Å². The molecule has 0 radical (unpaired) electrons. The Morgan fingerprint density at radius 1 is 1.04 bits per heavy atom. The molecule has 1 aromatic rings. The average Bonchev–Trinajstić information content (AvgIpc) is 3.50. The van der Waals surface area contributed by atoms with Gasteiger partial charge >= 0.3 is 11.9 Å². The molecule has 2 rings (SSSR count). The van der Waals surface area contributed by atoms with Crippen molar-refractivity contribution < 1.29 is 38.6 Å². The minimum absolute atomic E-state index is 0.0173. The van der Waals surface area contributed by atoms with Gasteiger partial charge in [0.05, 0.1) is 18.4 Å². The normalized spacial score (nSPS) is 18.9. The van der Waals surface area contributed by atoms with Gasteiger partial charge in [0, 0.05) is 12.6 Å². The number of benzene rings is 1. The summed E-state index contributed by atoms with van der Waals surface area (Å²) < 4.78 is 11.0.